The van der Waals surface area contributed by atoms with Crippen molar-refractivity contribution in [2.75, 3.05) is 27.3 Å². The van der Waals surface area contributed by atoms with Gasteiger partial charge in [-0.2, -0.15) is 0 Å². The number of aromatic carboxylic acids is 1. The van der Waals surface area contributed by atoms with Crippen LogP contribution < -0.4 is 14.8 Å². The first-order valence-electron chi connectivity index (χ1n) is 6.98. The summed E-state index contributed by atoms with van der Waals surface area (Å²) in [6.45, 7) is 3.32. The van der Waals surface area contributed by atoms with E-state index in [0.29, 0.717) is 36.7 Å². The number of nitrogens with one attached hydrogen (secondary N) is 1. The number of hydrogen-bond donors (Lipinski definition) is 2. The molecule has 2 N–H and O–H groups in total. The Balaban J connectivity index is 2.40. The average molecular weight is 308 g/mol. The van der Waals surface area contributed by atoms with Crippen molar-refractivity contribution in [2.24, 2.45) is 0 Å². The number of carboxylic acid groups (broad SMARTS) is 1. The Morgan fingerprint density at radius 1 is 1.41 bits per heavy atom. The van der Waals surface area contributed by atoms with Crippen molar-refractivity contribution in [3.63, 3.8) is 0 Å². The van der Waals surface area contributed by atoms with Gasteiger partial charge in [-0.3, -0.25) is 9.69 Å². The molecule has 0 aromatic heterocycles. The normalized spacial score (nSPS) is 18.7. The molecule has 1 aliphatic heterocycles. The number of amides is 1. The van der Waals surface area contributed by atoms with Crippen LogP contribution in [0.5, 0.6) is 11.5 Å². The summed E-state index contributed by atoms with van der Waals surface area (Å²) in [6.07, 6.45) is 0. The van der Waals surface area contributed by atoms with E-state index in [0.717, 1.165) is 0 Å². The van der Waals surface area contributed by atoms with Gasteiger partial charge in [-0.1, -0.05) is 0 Å². The van der Waals surface area contributed by atoms with E-state index in [1.165, 1.54) is 20.3 Å². The molecule has 1 atom stereocenters. The third-order valence-corrected chi connectivity index (χ3v) is 3.86. The van der Waals surface area contributed by atoms with Gasteiger partial charge in [-0.25, -0.2) is 4.79 Å². The first-order valence-corrected chi connectivity index (χ1v) is 6.98. The van der Waals surface area contributed by atoms with Gasteiger partial charge in [0.2, 0.25) is 5.91 Å². The number of carbonyl (C=O) groups excluding carboxylic acids is 1. The van der Waals surface area contributed by atoms with Crippen LogP contribution in [0.15, 0.2) is 12.1 Å². The van der Waals surface area contributed by atoms with E-state index in [9.17, 15) is 14.7 Å². The summed E-state index contributed by atoms with van der Waals surface area (Å²) < 4.78 is 10.4. The van der Waals surface area contributed by atoms with Crippen molar-refractivity contribution in [3.05, 3.63) is 23.3 Å². The van der Waals surface area contributed by atoms with Crippen LogP contribution in [0.2, 0.25) is 0 Å². The van der Waals surface area contributed by atoms with E-state index in [2.05, 4.69) is 5.32 Å². The molecule has 0 aliphatic carbocycles. The molecule has 7 heteroatoms. The fourth-order valence-corrected chi connectivity index (χ4v) is 2.52. The van der Waals surface area contributed by atoms with Gasteiger partial charge in [0.25, 0.3) is 0 Å². The minimum atomic E-state index is -1.05. The van der Waals surface area contributed by atoms with Crippen LogP contribution in [0.3, 0.4) is 0 Å². The number of rotatable bonds is 5. The second-order valence-electron chi connectivity index (χ2n) is 5.10. The number of methoxy groups -OCH3 is 2. The zero-order valence-corrected chi connectivity index (χ0v) is 12.9. The number of nitrogens with zero attached hydrogens (tertiary/aromatic N) is 1. The van der Waals surface area contributed by atoms with Crippen molar-refractivity contribution in [3.8, 4) is 11.5 Å². The summed E-state index contributed by atoms with van der Waals surface area (Å²) >= 11 is 0. The van der Waals surface area contributed by atoms with E-state index in [1.807, 2.05) is 4.90 Å². The lowest BCUT2D eigenvalue weighted by atomic mass is 10.0. The molecule has 22 heavy (non-hydrogen) atoms. The smallest absolute Gasteiger partial charge is 0.336 e. The molecule has 1 amide bonds. The molecule has 1 aromatic carbocycles. The Hall–Kier alpha value is -2.28. The predicted molar refractivity (Wildman–Crippen MR) is 79.4 cm³/mol. The minimum Gasteiger partial charge on any atom is -0.497 e. The first-order chi connectivity index (χ1) is 10.5. The maximum absolute atomic E-state index is 11.7. The highest BCUT2D eigenvalue weighted by Crippen LogP contribution is 2.30. The van der Waals surface area contributed by atoms with Gasteiger partial charge in [0.1, 0.15) is 11.5 Å². The SMILES string of the molecule is COc1cc(OC)c(CN2CCNC(=O)[C@@H]2C)c(C(=O)O)c1. The predicted octanol–water partition coefficient (Wildman–Crippen LogP) is 0.722. The average Bonchev–Trinajstić information content (AvgIpc) is 2.51. The van der Waals surface area contributed by atoms with Crippen LogP contribution in [-0.4, -0.2) is 55.2 Å². The highest BCUT2D eigenvalue weighted by atomic mass is 16.5. The van der Waals surface area contributed by atoms with Gasteiger partial charge in [-0.05, 0) is 13.0 Å². The van der Waals surface area contributed by atoms with Crippen LogP contribution in [-0.2, 0) is 11.3 Å². The topological polar surface area (TPSA) is 88.1 Å². The number of piperazine rings is 1. The third-order valence-electron chi connectivity index (χ3n) is 3.86. The number of carbonyl (C=O) groups is 2. The molecular formula is C15H20N2O5. The minimum absolute atomic E-state index is 0.0596. The summed E-state index contributed by atoms with van der Waals surface area (Å²) in [7, 11) is 2.95. The maximum Gasteiger partial charge on any atom is 0.336 e. The summed E-state index contributed by atoms with van der Waals surface area (Å²) in [5.41, 5.74) is 0.659. The molecule has 0 bridgehead atoms. The van der Waals surface area contributed by atoms with Crippen molar-refractivity contribution in [1.29, 1.82) is 0 Å². The lowest BCUT2D eigenvalue weighted by molar-refractivity contribution is -0.128. The second-order valence-corrected chi connectivity index (χ2v) is 5.10. The van der Waals surface area contributed by atoms with Crippen LogP contribution in [0.4, 0.5) is 0 Å². The summed E-state index contributed by atoms with van der Waals surface area (Å²) in [5.74, 6) is -0.255. The molecular weight excluding hydrogens is 288 g/mol. The Kier molecular flexibility index (Phi) is 4.87. The first kappa shape index (κ1) is 16.1. The Bertz CT molecular complexity index is 588. The van der Waals surface area contributed by atoms with E-state index in [1.54, 1.807) is 13.0 Å². The summed E-state index contributed by atoms with van der Waals surface area (Å²) in [6, 6.07) is 2.80. The molecule has 0 unspecified atom stereocenters. The monoisotopic (exact) mass is 308 g/mol. The second kappa shape index (κ2) is 6.65. The third kappa shape index (κ3) is 3.14. The zero-order valence-electron chi connectivity index (χ0n) is 12.9. The fourth-order valence-electron chi connectivity index (χ4n) is 2.52. The van der Waals surface area contributed by atoms with Gasteiger partial charge in [0, 0.05) is 31.3 Å². The van der Waals surface area contributed by atoms with Crippen molar-refractivity contribution in [2.45, 2.75) is 19.5 Å². The van der Waals surface area contributed by atoms with Crippen LogP contribution in [0.25, 0.3) is 0 Å². The van der Waals surface area contributed by atoms with Gasteiger partial charge in [-0.15, -0.1) is 0 Å². The zero-order chi connectivity index (χ0) is 16.3. The molecule has 1 aliphatic rings. The number of benzene rings is 1. The standard InChI is InChI=1S/C15H20N2O5/c1-9-14(18)16-4-5-17(9)8-12-11(15(19)20)6-10(21-2)7-13(12)22-3/h6-7,9H,4-5,8H2,1-3H3,(H,16,18)(H,19,20)/t9-/m0/s1. The fraction of sp³-hybridized carbons (Fsp3) is 0.467. The molecule has 1 heterocycles. The van der Waals surface area contributed by atoms with E-state index < -0.39 is 5.97 Å². The molecule has 0 saturated carbocycles. The van der Waals surface area contributed by atoms with E-state index in [4.69, 9.17) is 9.47 Å². The summed E-state index contributed by atoms with van der Waals surface area (Å²) in [5, 5.41) is 12.2. The lowest BCUT2D eigenvalue weighted by Gasteiger charge is -2.33. The Morgan fingerprint density at radius 2 is 2.14 bits per heavy atom. The Labute approximate surface area is 128 Å². The maximum atomic E-state index is 11.7. The van der Waals surface area contributed by atoms with Crippen molar-refractivity contribution in [1.82, 2.24) is 10.2 Å². The van der Waals surface area contributed by atoms with E-state index >= 15 is 0 Å². The molecule has 1 saturated heterocycles. The molecule has 7 nitrogen and oxygen atoms in total. The van der Waals surface area contributed by atoms with Gasteiger partial charge >= 0.3 is 5.97 Å². The largest absolute Gasteiger partial charge is 0.497 e. The number of carboxylic acids is 1. The van der Waals surface area contributed by atoms with Crippen LogP contribution in [0.1, 0.15) is 22.8 Å². The molecule has 0 radical (unpaired) electrons. The molecule has 1 aromatic rings. The molecule has 2 rings (SSSR count). The number of ether oxygens (including phenoxy) is 2. The van der Waals surface area contributed by atoms with Gasteiger partial charge < -0.3 is 19.9 Å². The van der Waals surface area contributed by atoms with E-state index in [-0.39, 0.29) is 17.5 Å². The van der Waals surface area contributed by atoms with Crippen molar-refractivity contribution >= 4 is 11.9 Å². The Morgan fingerprint density at radius 3 is 2.73 bits per heavy atom. The summed E-state index contributed by atoms with van der Waals surface area (Å²) in [4.78, 5) is 25.2. The van der Waals surface area contributed by atoms with Crippen LogP contribution >= 0.6 is 0 Å². The molecule has 120 valence electrons. The van der Waals surface area contributed by atoms with Gasteiger partial charge in [0.05, 0.1) is 25.8 Å². The lowest BCUT2D eigenvalue weighted by Crippen LogP contribution is -2.53. The molecule has 1 fully saturated rings. The van der Waals surface area contributed by atoms with Crippen LogP contribution in [0, 0.1) is 0 Å². The quantitative estimate of drug-likeness (QED) is 0.833. The number of hydrogen-bond acceptors (Lipinski definition) is 5. The highest BCUT2D eigenvalue weighted by Gasteiger charge is 2.28. The van der Waals surface area contributed by atoms with Crippen molar-refractivity contribution < 1.29 is 24.2 Å². The highest BCUT2D eigenvalue weighted by molar-refractivity contribution is 5.91. The van der Waals surface area contributed by atoms with Gasteiger partial charge in [0.15, 0.2) is 0 Å². The molecule has 0 spiro atoms.